The van der Waals surface area contributed by atoms with Crippen LogP contribution in [0.3, 0.4) is 0 Å². The summed E-state index contributed by atoms with van der Waals surface area (Å²) in [6.45, 7) is 4.10. The molecule has 15 heavy (non-hydrogen) atoms. The molecular formula is C12H24N2O. The third kappa shape index (κ3) is 4.20. The fraction of sp³-hybridized carbons (Fsp3) is 0.917. The number of carbonyl (C=O) groups is 1. The van der Waals surface area contributed by atoms with Crippen molar-refractivity contribution < 1.29 is 4.79 Å². The van der Waals surface area contributed by atoms with Crippen LogP contribution in [0.4, 0.5) is 0 Å². The maximum Gasteiger partial charge on any atom is 0.222 e. The Labute approximate surface area is 93.0 Å². The molecule has 0 saturated heterocycles. The second-order valence-corrected chi connectivity index (χ2v) is 4.47. The van der Waals surface area contributed by atoms with Gasteiger partial charge in [0.15, 0.2) is 0 Å². The topological polar surface area (TPSA) is 46.3 Å². The van der Waals surface area contributed by atoms with Crippen LogP contribution in [0.25, 0.3) is 0 Å². The van der Waals surface area contributed by atoms with Crippen molar-refractivity contribution in [3.63, 3.8) is 0 Å². The van der Waals surface area contributed by atoms with Gasteiger partial charge in [-0.25, -0.2) is 0 Å². The van der Waals surface area contributed by atoms with E-state index in [4.69, 9.17) is 5.73 Å². The van der Waals surface area contributed by atoms with Gasteiger partial charge in [-0.3, -0.25) is 4.79 Å². The molecule has 0 atom stereocenters. The molecule has 1 amide bonds. The van der Waals surface area contributed by atoms with Crippen molar-refractivity contribution in [1.82, 2.24) is 4.90 Å². The van der Waals surface area contributed by atoms with Gasteiger partial charge in [-0.2, -0.15) is 0 Å². The third-order valence-corrected chi connectivity index (χ3v) is 3.32. The highest BCUT2D eigenvalue weighted by atomic mass is 16.2. The largest absolute Gasteiger partial charge is 0.342 e. The Hall–Kier alpha value is -0.570. The van der Waals surface area contributed by atoms with E-state index in [-0.39, 0.29) is 0 Å². The first-order chi connectivity index (χ1) is 7.27. The number of nitrogens with zero attached hydrogens (tertiary/aromatic N) is 1. The van der Waals surface area contributed by atoms with Crippen LogP contribution in [-0.4, -0.2) is 30.4 Å². The summed E-state index contributed by atoms with van der Waals surface area (Å²) in [5, 5.41) is 0. The van der Waals surface area contributed by atoms with Crippen molar-refractivity contribution >= 4 is 5.91 Å². The zero-order valence-electron chi connectivity index (χ0n) is 9.87. The molecule has 0 aromatic rings. The second-order valence-electron chi connectivity index (χ2n) is 4.47. The summed E-state index contributed by atoms with van der Waals surface area (Å²) in [7, 11) is 0. The fourth-order valence-corrected chi connectivity index (χ4v) is 2.38. The van der Waals surface area contributed by atoms with E-state index in [2.05, 4.69) is 0 Å². The predicted octanol–water partition coefficient (Wildman–Crippen LogP) is 1.76. The Morgan fingerprint density at radius 3 is 2.53 bits per heavy atom. The van der Waals surface area contributed by atoms with Gasteiger partial charge in [0.25, 0.3) is 0 Å². The van der Waals surface area contributed by atoms with E-state index < -0.39 is 0 Å². The molecule has 1 saturated carbocycles. The average Bonchev–Trinajstić information content (AvgIpc) is 2.27. The van der Waals surface area contributed by atoms with Crippen LogP contribution in [0, 0.1) is 5.92 Å². The first-order valence-electron chi connectivity index (χ1n) is 6.25. The molecule has 0 aliphatic heterocycles. The van der Waals surface area contributed by atoms with Crippen molar-refractivity contribution in [2.45, 2.75) is 45.4 Å². The van der Waals surface area contributed by atoms with Crippen LogP contribution in [-0.2, 0) is 4.79 Å². The average molecular weight is 212 g/mol. The Balaban J connectivity index is 2.31. The minimum absolute atomic E-state index is 0.301. The monoisotopic (exact) mass is 212 g/mol. The Bertz CT molecular complexity index is 188. The number of likely N-dealkylation sites (N-methyl/N-ethyl adjacent to an activating group) is 1. The SMILES string of the molecule is CCN(CCN)C(=O)CC1CCCCC1. The highest BCUT2D eigenvalue weighted by Gasteiger charge is 2.19. The Morgan fingerprint density at radius 2 is 2.00 bits per heavy atom. The first-order valence-corrected chi connectivity index (χ1v) is 6.25. The molecule has 0 radical (unpaired) electrons. The van der Waals surface area contributed by atoms with Crippen molar-refractivity contribution in [3.05, 3.63) is 0 Å². The van der Waals surface area contributed by atoms with E-state index in [0.717, 1.165) is 13.0 Å². The summed E-state index contributed by atoms with van der Waals surface area (Å²) in [6.07, 6.45) is 7.19. The van der Waals surface area contributed by atoms with Crippen LogP contribution in [0.1, 0.15) is 45.4 Å². The van der Waals surface area contributed by atoms with Crippen LogP contribution >= 0.6 is 0 Å². The van der Waals surface area contributed by atoms with E-state index in [1.807, 2.05) is 11.8 Å². The molecule has 1 rings (SSSR count). The summed E-state index contributed by atoms with van der Waals surface area (Å²) >= 11 is 0. The number of rotatable bonds is 5. The number of hydrogen-bond acceptors (Lipinski definition) is 2. The van der Waals surface area contributed by atoms with Crippen LogP contribution in [0.5, 0.6) is 0 Å². The lowest BCUT2D eigenvalue weighted by Gasteiger charge is -2.25. The number of hydrogen-bond donors (Lipinski definition) is 1. The summed E-state index contributed by atoms with van der Waals surface area (Å²) in [4.78, 5) is 13.8. The molecule has 3 heteroatoms. The number of nitrogens with two attached hydrogens (primary N) is 1. The molecule has 0 aromatic carbocycles. The maximum atomic E-state index is 11.9. The third-order valence-electron chi connectivity index (χ3n) is 3.32. The maximum absolute atomic E-state index is 11.9. The van der Waals surface area contributed by atoms with Crippen molar-refractivity contribution in [2.24, 2.45) is 11.7 Å². The molecule has 88 valence electrons. The lowest BCUT2D eigenvalue weighted by atomic mass is 9.86. The second kappa shape index (κ2) is 6.83. The smallest absolute Gasteiger partial charge is 0.222 e. The normalized spacial score (nSPS) is 17.7. The van der Waals surface area contributed by atoms with E-state index in [1.165, 1.54) is 32.1 Å². The summed E-state index contributed by atoms with van der Waals surface area (Å²) < 4.78 is 0. The van der Waals surface area contributed by atoms with Gasteiger partial charge in [-0.1, -0.05) is 19.3 Å². The number of amides is 1. The quantitative estimate of drug-likeness (QED) is 0.755. The van der Waals surface area contributed by atoms with Crippen molar-refractivity contribution in [2.75, 3.05) is 19.6 Å². The number of carbonyl (C=O) groups excluding carboxylic acids is 1. The molecule has 0 aromatic heterocycles. The molecule has 0 unspecified atom stereocenters. The van der Waals surface area contributed by atoms with Gasteiger partial charge in [-0.05, 0) is 25.7 Å². The predicted molar refractivity (Wildman–Crippen MR) is 62.5 cm³/mol. The van der Waals surface area contributed by atoms with Crippen molar-refractivity contribution in [1.29, 1.82) is 0 Å². The zero-order valence-corrected chi connectivity index (χ0v) is 9.87. The van der Waals surface area contributed by atoms with Crippen LogP contribution in [0.15, 0.2) is 0 Å². The van der Waals surface area contributed by atoms with E-state index in [0.29, 0.717) is 24.9 Å². The highest BCUT2D eigenvalue weighted by Crippen LogP contribution is 2.26. The molecule has 0 bridgehead atoms. The minimum Gasteiger partial charge on any atom is -0.342 e. The highest BCUT2D eigenvalue weighted by molar-refractivity contribution is 5.76. The molecule has 3 nitrogen and oxygen atoms in total. The zero-order chi connectivity index (χ0) is 11.1. The molecule has 0 spiro atoms. The summed E-state index contributed by atoms with van der Waals surface area (Å²) in [5.74, 6) is 0.938. The van der Waals surface area contributed by atoms with Gasteiger partial charge >= 0.3 is 0 Å². The van der Waals surface area contributed by atoms with Gasteiger partial charge in [0, 0.05) is 26.1 Å². The lowest BCUT2D eigenvalue weighted by molar-refractivity contribution is -0.132. The standard InChI is InChI=1S/C12H24N2O/c1-2-14(9-8-13)12(15)10-11-6-4-3-5-7-11/h11H,2-10,13H2,1H3. The molecule has 2 N–H and O–H groups in total. The van der Waals surface area contributed by atoms with Crippen molar-refractivity contribution in [3.8, 4) is 0 Å². The lowest BCUT2D eigenvalue weighted by Crippen LogP contribution is -2.36. The molecule has 1 fully saturated rings. The molecule has 0 heterocycles. The molecular weight excluding hydrogens is 188 g/mol. The minimum atomic E-state index is 0.301. The Morgan fingerprint density at radius 1 is 1.33 bits per heavy atom. The summed E-state index contributed by atoms with van der Waals surface area (Å²) in [5.41, 5.74) is 5.48. The molecule has 1 aliphatic rings. The van der Waals surface area contributed by atoms with Gasteiger partial charge in [0.05, 0.1) is 0 Å². The van der Waals surface area contributed by atoms with E-state index in [1.54, 1.807) is 0 Å². The van der Waals surface area contributed by atoms with E-state index in [9.17, 15) is 4.79 Å². The summed E-state index contributed by atoms with van der Waals surface area (Å²) in [6, 6.07) is 0. The van der Waals surface area contributed by atoms with Gasteiger partial charge in [0.1, 0.15) is 0 Å². The first kappa shape index (κ1) is 12.5. The van der Waals surface area contributed by atoms with E-state index >= 15 is 0 Å². The van der Waals surface area contributed by atoms with Gasteiger partial charge in [-0.15, -0.1) is 0 Å². The Kier molecular flexibility index (Phi) is 5.69. The van der Waals surface area contributed by atoms with Gasteiger partial charge < -0.3 is 10.6 Å². The van der Waals surface area contributed by atoms with Crippen LogP contribution < -0.4 is 5.73 Å². The van der Waals surface area contributed by atoms with Crippen LogP contribution in [0.2, 0.25) is 0 Å². The fourth-order valence-electron chi connectivity index (χ4n) is 2.38. The molecule has 1 aliphatic carbocycles. The van der Waals surface area contributed by atoms with Gasteiger partial charge in [0.2, 0.25) is 5.91 Å².